The lowest BCUT2D eigenvalue weighted by atomic mass is 10.1. The first-order valence-corrected chi connectivity index (χ1v) is 8.97. The van der Waals surface area contributed by atoms with Crippen molar-refractivity contribution in [3.63, 3.8) is 0 Å². The Morgan fingerprint density at radius 1 is 1.04 bits per heavy atom. The Hall–Kier alpha value is -1.72. The molecule has 24 heavy (non-hydrogen) atoms. The van der Waals surface area contributed by atoms with Crippen molar-refractivity contribution in [3.8, 4) is 0 Å². The maximum atomic E-state index is 12.6. The van der Waals surface area contributed by atoms with Crippen LogP contribution in [0.4, 0.5) is 5.69 Å². The Balaban J connectivity index is 1.62. The Morgan fingerprint density at radius 3 is 2.42 bits per heavy atom. The predicted molar refractivity (Wildman–Crippen MR) is 95.7 cm³/mol. The van der Waals surface area contributed by atoms with Crippen LogP contribution in [0.5, 0.6) is 0 Å². The average Bonchev–Trinajstić information content (AvgIpc) is 3.00. The SMILES string of the molecule is CCCN1CCN(CC(=O)c2ccc3c(c2)N(C(C)=O)CC3)CC1. The van der Waals surface area contributed by atoms with Gasteiger partial charge in [-0.1, -0.05) is 19.1 Å². The molecular formula is C19H27N3O2. The van der Waals surface area contributed by atoms with Gasteiger partial charge in [-0.15, -0.1) is 0 Å². The van der Waals surface area contributed by atoms with E-state index in [4.69, 9.17) is 0 Å². The molecule has 130 valence electrons. The number of carbonyl (C=O) groups is 2. The molecule has 2 heterocycles. The van der Waals surface area contributed by atoms with Gasteiger partial charge >= 0.3 is 0 Å². The first kappa shape index (κ1) is 17.1. The normalized spacial score (nSPS) is 18.7. The number of amides is 1. The molecule has 0 aliphatic carbocycles. The number of benzene rings is 1. The number of hydrogen-bond donors (Lipinski definition) is 0. The fourth-order valence-corrected chi connectivity index (χ4v) is 3.66. The van der Waals surface area contributed by atoms with Crippen molar-refractivity contribution in [2.45, 2.75) is 26.7 Å². The van der Waals surface area contributed by atoms with Gasteiger partial charge in [0.25, 0.3) is 0 Å². The smallest absolute Gasteiger partial charge is 0.223 e. The summed E-state index contributed by atoms with van der Waals surface area (Å²) in [5.41, 5.74) is 2.80. The minimum absolute atomic E-state index is 0.0467. The first-order valence-electron chi connectivity index (χ1n) is 8.97. The summed E-state index contributed by atoms with van der Waals surface area (Å²) in [5, 5.41) is 0. The number of ketones is 1. The molecule has 1 aromatic rings. The second-order valence-electron chi connectivity index (χ2n) is 6.81. The van der Waals surface area contributed by atoms with E-state index in [9.17, 15) is 9.59 Å². The zero-order chi connectivity index (χ0) is 17.1. The van der Waals surface area contributed by atoms with E-state index in [1.807, 2.05) is 18.2 Å². The lowest BCUT2D eigenvalue weighted by Crippen LogP contribution is -2.47. The number of rotatable bonds is 5. The molecule has 1 aromatic carbocycles. The first-order chi connectivity index (χ1) is 11.6. The van der Waals surface area contributed by atoms with Gasteiger partial charge in [0.05, 0.1) is 6.54 Å². The van der Waals surface area contributed by atoms with Crippen molar-refractivity contribution >= 4 is 17.4 Å². The van der Waals surface area contributed by atoms with Crippen molar-refractivity contribution in [2.24, 2.45) is 0 Å². The number of nitrogens with zero attached hydrogens (tertiary/aromatic N) is 3. The van der Waals surface area contributed by atoms with Crippen LogP contribution in [0.1, 0.15) is 36.2 Å². The van der Waals surface area contributed by atoms with E-state index in [0.717, 1.165) is 62.5 Å². The highest BCUT2D eigenvalue weighted by molar-refractivity contribution is 6.01. The number of anilines is 1. The Kier molecular flexibility index (Phi) is 5.31. The van der Waals surface area contributed by atoms with Gasteiger partial charge in [-0.05, 0) is 31.0 Å². The highest BCUT2D eigenvalue weighted by Crippen LogP contribution is 2.29. The van der Waals surface area contributed by atoms with Gasteiger partial charge in [-0.3, -0.25) is 14.5 Å². The molecule has 1 amide bonds. The largest absolute Gasteiger partial charge is 0.312 e. The molecule has 0 unspecified atom stereocenters. The summed E-state index contributed by atoms with van der Waals surface area (Å²) < 4.78 is 0. The third kappa shape index (κ3) is 3.68. The zero-order valence-electron chi connectivity index (χ0n) is 14.8. The summed E-state index contributed by atoms with van der Waals surface area (Å²) in [6, 6.07) is 5.82. The predicted octanol–water partition coefficient (Wildman–Crippen LogP) is 1.81. The van der Waals surface area contributed by atoms with E-state index in [-0.39, 0.29) is 11.7 Å². The van der Waals surface area contributed by atoms with Gasteiger partial charge in [0.2, 0.25) is 5.91 Å². The minimum atomic E-state index is 0.0467. The number of piperazine rings is 1. The third-order valence-corrected chi connectivity index (χ3v) is 5.05. The summed E-state index contributed by atoms with van der Waals surface area (Å²) in [7, 11) is 0. The van der Waals surface area contributed by atoms with Crippen LogP contribution in [-0.2, 0) is 11.2 Å². The molecule has 2 aliphatic rings. The van der Waals surface area contributed by atoms with Crippen LogP contribution in [0.15, 0.2) is 18.2 Å². The average molecular weight is 329 g/mol. The third-order valence-electron chi connectivity index (χ3n) is 5.05. The molecule has 0 bridgehead atoms. The Bertz CT molecular complexity index is 621. The van der Waals surface area contributed by atoms with Crippen molar-refractivity contribution in [1.82, 2.24) is 9.80 Å². The lowest BCUT2D eigenvalue weighted by molar-refractivity contribution is -0.116. The molecule has 0 radical (unpaired) electrons. The fourth-order valence-electron chi connectivity index (χ4n) is 3.66. The van der Waals surface area contributed by atoms with E-state index in [1.165, 1.54) is 6.42 Å². The molecule has 5 nitrogen and oxygen atoms in total. The molecular weight excluding hydrogens is 302 g/mol. The van der Waals surface area contributed by atoms with Crippen molar-refractivity contribution in [1.29, 1.82) is 0 Å². The van der Waals surface area contributed by atoms with E-state index in [0.29, 0.717) is 6.54 Å². The van der Waals surface area contributed by atoms with E-state index < -0.39 is 0 Å². The number of Topliss-reactive ketones (excluding diaryl/α,β-unsaturated/α-hetero) is 1. The maximum absolute atomic E-state index is 12.6. The van der Waals surface area contributed by atoms with Crippen LogP contribution in [0.2, 0.25) is 0 Å². The van der Waals surface area contributed by atoms with Gasteiger partial charge < -0.3 is 9.80 Å². The van der Waals surface area contributed by atoms with E-state index in [1.54, 1.807) is 11.8 Å². The molecule has 1 saturated heterocycles. The molecule has 0 N–H and O–H groups in total. The molecule has 0 aromatic heterocycles. The maximum Gasteiger partial charge on any atom is 0.223 e. The van der Waals surface area contributed by atoms with E-state index in [2.05, 4.69) is 16.7 Å². The highest BCUT2D eigenvalue weighted by atomic mass is 16.2. The number of fused-ring (bicyclic) bond motifs is 1. The molecule has 0 saturated carbocycles. The van der Waals surface area contributed by atoms with Crippen molar-refractivity contribution < 1.29 is 9.59 Å². The van der Waals surface area contributed by atoms with Gasteiger partial charge in [-0.25, -0.2) is 0 Å². The van der Waals surface area contributed by atoms with Crippen LogP contribution in [0.3, 0.4) is 0 Å². The summed E-state index contributed by atoms with van der Waals surface area (Å²) in [6.07, 6.45) is 2.06. The van der Waals surface area contributed by atoms with Crippen molar-refractivity contribution in [3.05, 3.63) is 29.3 Å². The van der Waals surface area contributed by atoms with Gasteiger partial charge in [0.1, 0.15) is 0 Å². The molecule has 2 aliphatic heterocycles. The number of carbonyl (C=O) groups excluding carboxylic acids is 2. The topological polar surface area (TPSA) is 43.9 Å². The zero-order valence-corrected chi connectivity index (χ0v) is 14.8. The van der Waals surface area contributed by atoms with Gasteiger partial charge in [0, 0.05) is 50.9 Å². The summed E-state index contributed by atoms with van der Waals surface area (Å²) in [5.74, 6) is 0.197. The fraction of sp³-hybridized carbons (Fsp3) is 0.579. The van der Waals surface area contributed by atoms with Crippen LogP contribution in [0.25, 0.3) is 0 Å². The molecule has 0 spiro atoms. The standard InChI is InChI=1S/C19H27N3O2/c1-3-7-20-9-11-21(12-10-20)14-19(24)17-5-4-16-6-8-22(15(2)23)18(16)13-17/h4-5,13H,3,6-12,14H2,1-2H3. The van der Waals surface area contributed by atoms with Gasteiger partial charge in [0.15, 0.2) is 5.78 Å². The lowest BCUT2D eigenvalue weighted by Gasteiger charge is -2.34. The molecule has 0 atom stereocenters. The van der Waals surface area contributed by atoms with Crippen molar-refractivity contribution in [2.75, 3.05) is 50.7 Å². The molecule has 5 heteroatoms. The molecule has 1 fully saturated rings. The van der Waals surface area contributed by atoms with Gasteiger partial charge in [-0.2, -0.15) is 0 Å². The number of hydrogen-bond acceptors (Lipinski definition) is 4. The Morgan fingerprint density at radius 2 is 1.75 bits per heavy atom. The Labute approximate surface area is 144 Å². The van der Waals surface area contributed by atoms with Crippen LogP contribution in [0, 0.1) is 0 Å². The minimum Gasteiger partial charge on any atom is -0.312 e. The van der Waals surface area contributed by atoms with E-state index >= 15 is 0 Å². The summed E-state index contributed by atoms with van der Waals surface area (Å²) in [6.45, 7) is 10.1. The second kappa shape index (κ2) is 7.45. The monoisotopic (exact) mass is 329 g/mol. The summed E-state index contributed by atoms with van der Waals surface area (Å²) in [4.78, 5) is 30.8. The molecule has 3 rings (SSSR count). The quantitative estimate of drug-likeness (QED) is 0.773. The summed E-state index contributed by atoms with van der Waals surface area (Å²) >= 11 is 0. The van der Waals surface area contributed by atoms with Crippen LogP contribution < -0.4 is 4.90 Å². The van der Waals surface area contributed by atoms with Crippen LogP contribution >= 0.6 is 0 Å². The highest BCUT2D eigenvalue weighted by Gasteiger charge is 2.24. The second-order valence-corrected chi connectivity index (χ2v) is 6.81. The van der Waals surface area contributed by atoms with Crippen LogP contribution in [-0.4, -0.2) is 67.3 Å².